The minimum atomic E-state index is -1.52. The van der Waals surface area contributed by atoms with E-state index < -0.39 is 8.32 Å². The van der Waals surface area contributed by atoms with Gasteiger partial charge in [-0.25, -0.2) is 0 Å². The Morgan fingerprint density at radius 1 is 1.30 bits per heavy atom. The fourth-order valence-electron chi connectivity index (χ4n) is 0.230. The number of hydrogen-bond donors (Lipinski definition) is 0. The van der Waals surface area contributed by atoms with E-state index in [1.165, 1.54) is 0 Å². The molecule has 10 heavy (non-hydrogen) atoms. The molecule has 0 rings (SSSR count). The second-order valence-corrected chi connectivity index (χ2v) is 9.77. The SMILES string of the molecule is CC(C)(C)[Si](C)(C)OP=S. The highest BCUT2D eigenvalue weighted by Crippen LogP contribution is 2.38. The molecule has 0 aliphatic carbocycles. The standard InChI is InChI=1S/C6H15OPSSi/c1-6(2,3)10(4,5)7-8-9/h1-5H3. The largest absolute Gasteiger partial charge is 0.359 e. The summed E-state index contributed by atoms with van der Waals surface area (Å²) in [7, 11) is -0.867. The van der Waals surface area contributed by atoms with E-state index in [1.807, 2.05) is 0 Å². The van der Waals surface area contributed by atoms with Crippen molar-refractivity contribution in [3.8, 4) is 0 Å². The first-order valence-electron chi connectivity index (χ1n) is 3.32. The number of rotatable bonds is 2. The summed E-state index contributed by atoms with van der Waals surface area (Å²) in [6.45, 7) is 11.0. The molecular weight excluding hydrogens is 179 g/mol. The summed E-state index contributed by atoms with van der Waals surface area (Å²) in [5.74, 6) is 0. The van der Waals surface area contributed by atoms with E-state index in [1.54, 1.807) is 0 Å². The van der Waals surface area contributed by atoms with Gasteiger partial charge in [0, 0.05) is 0 Å². The molecule has 0 aromatic rings. The van der Waals surface area contributed by atoms with Crippen LogP contribution in [0, 0.1) is 0 Å². The van der Waals surface area contributed by atoms with Gasteiger partial charge in [-0.3, -0.25) is 0 Å². The van der Waals surface area contributed by atoms with E-state index in [0.29, 0.717) is 12.6 Å². The quantitative estimate of drug-likeness (QED) is 0.492. The van der Waals surface area contributed by atoms with Crippen LogP contribution in [-0.2, 0) is 16.0 Å². The first-order valence-corrected chi connectivity index (χ1v) is 8.05. The average molecular weight is 194 g/mol. The second-order valence-electron chi connectivity index (χ2n) is 3.93. The molecule has 4 heteroatoms. The van der Waals surface area contributed by atoms with Gasteiger partial charge in [0.05, 0.1) is 0 Å². The maximum atomic E-state index is 5.52. The highest BCUT2D eigenvalue weighted by atomic mass is 32.4. The Kier molecular flexibility index (Phi) is 3.63. The molecule has 0 aromatic heterocycles. The highest BCUT2D eigenvalue weighted by Gasteiger charge is 2.37. The van der Waals surface area contributed by atoms with Gasteiger partial charge in [-0.2, -0.15) is 0 Å². The highest BCUT2D eigenvalue weighted by molar-refractivity contribution is 7.94. The van der Waals surface area contributed by atoms with E-state index in [4.69, 9.17) is 16.0 Å². The normalized spacial score (nSPS) is 14.1. The molecule has 0 atom stereocenters. The van der Waals surface area contributed by atoms with Crippen molar-refractivity contribution < 1.29 is 4.21 Å². The van der Waals surface area contributed by atoms with Crippen molar-refractivity contribution in [1.29, 1.82) is 0 Å². The first kappa shape index (κ1) is 10.7. The molecule has 0 spiro atoms. The van der Waals surface area contributed by atoms with Crippen molar-refractivity contribution in [2.24, 2.45) is 0 Å². The van der Waals surface area contributed by atoms with E-state index in [0.717, 1.165) is 0 Å². The lowest BCUT2D eigenvalue weighted by Gasteiger charge is -2.33. The zero-order valence-electron chi connectivity index (χ0n) is 7.26. The van der Waals surface area contributed by atoms with Crippen LogP contribution >= 0.6 is 7.58 Å². The summed E-state index contributed by atoms with van der Waals surface area (Å²) in [5.41, 5.74) is 0. The molecular formula is C6H15OPSSi. The van der Waals surface area contributed by atoms with Crippen LogP contribution in [0.3, 0.4) is 0 Å². The molecule has 0 aliphatic rings. The smallest absolute Gasteiger partial charge is 0.206 e. The number of hydrogen-bond acceptors (Lipinski definition) is 2. The third kappa shape index (κ3) is 2.75. The van der Waals surface area contributed by atoms with Crippen molar-refractivity contribution in [3.05, 3.63) is 0 Å². The molecule has 0 unspecified atom stereocenters. The lowest BCUT2D eigenvalue weighted by Crippen LogP contribution is -2.37. The molecule has 0 heterocycles. The van der Waals surface area contributed by atoms with Crippen LogP contribution in [0.5, 0.6) is 0 Å². The van der Waals surface area contributed by atoms with Crippen LogP contribution in [0.1, 0.15) is 20.8 Å². The first-order chi connectivity index (χ1) is 4.31. The minimum Gasteiger partial charge on any atom is -0.359 e. The zero-order valence-corrected chi connectivity index (χ0v) is 9.97. The van der Waals surface area contributed by atoms with E-state index >= 15 is 0 Å². The summed E-state index contributed by atoms with van der Waals surface area (Å²) < 4.78 is 5.52. The van der Waals surface area contributed by atoms with E-state index in [9.17, 15) is 0 Å². The van der Waals surface area contributed by atoms with Gasteiger partial charge in [0.15, 0.2) is 0 Å². The van der Waals surface area contributed by atoms with Crippen LogP contribution < -0.4 is 0 Å². The van der Waals surface area contributed by atoms with Crippen LogP contribution in [0.4, 0.5) is 0 Å². The van der Waals surface area contributed by atoms with Gasteiger partial charge in [-0.15, -0.1) is 0 Å². The molecule has 0 saturated carbocycles. The van der Waals surface area contributed by atoms with Crippen molar-refractivity contribution >= 4 is 27.7 Å². The van der Waals surface area contributed by atoms with Crippen molar-refractivity contribution in [1.82, 2.24) is 0 Å². The lowest BCUT2D eigenvalue weighted by atomic mass is 10.2. The Morgan fingerprint density at radius 3 is 1.80 bits per heavy atom. The Labute approximate surface area is 71.2 Å². The molecule has 0 amide bonds. The van der Waals surface area contributed by atoms with Gasteiger partial charge in [0.25, 0.3) is 0 Å². The van der Waals surface area contributed by atoms with Crippen LogP contribution in [0.15, 0.2) is 0 Å². The summed E-state index contributed by atoms with van der Waals surface area (Å²) in [6, 6.07) is 0. The van der Waals surface area contributed by atoms with Crippen molar-refractivity contribution in [2.45, 2.75) is 38.9 Å². The zero-order chi connectivity index (χ0) is 8.41. The lowest BCUT2D eigenvalue weighted by molar-refractivity contribution is 0.548. The van der Waals surface area contributed by atoms with Gasteiger partial charge >= 0.3 is 0 Å². The van der Waals surface area contributed by atoms with Gasteiger partial charge in [-0.05, 0) is 29.9 Å². The third-order valence-electron chi connectivity index (χ3n) is 2.07. The molecule has 0 fully saturated rings. The molecule has 0 bridgehead atoms. The fourth-order valence-corrected chi connectivity index (χ4v) is 3.75. The fraction of sp³-hybridized carbons (Fsp3) is 1.00. The Bertz CT molecular complexity index is 130. The van der Waals surface area contributed by atoms with Gasteiger partial charge in [0.1, 0.15) is 7.58 Å². The van der Waals surface area contributed by atoms with E-state index in [-0.39, 0.29) is 0 Å². The second kappa shape index (κ2) is 3.40. The maximum absolute atomic E-state index is 5.52. The molecule has 0 N–H and O–H groups in total. The molecule has 60 valence electrons. The molecule has 1 nitrogen and oxygen atoms in total. The Hall–Kier alpha value is 0.697. The van der Waals surface area contributed by atoms with Crippen molar-refractivity contribution in [3.63, 3.8) is 0 Å². The van der Waals surface area contributed by atoms with Crippen LogP contribution in [-0.4, -0.2) is 8.32 Å². The predicted molar refractivity (Wildman–Crippen MR) is 52.6 cm³/mol. The minimum absolute atomic E-state index is 0.290. The molecule has 0 aliphatic heterocycles. The van der Waals surface area contributed by atoms with Gasteiger partial charge in [0.2, 0.25) is 8.32 Å². The van der Waals surface area contributed by atoms with Gasteiger partial charge < -0.3 is 4.21 Å². The molecule has 0 aromatic carbocycles. The summed E-state index contributed by atoms with van der Waals surface area (Å²) >= 11 is 4.75. The third-order valence-corrected chi connectivity index (χ3v) is 8.48. The average Bonchev–Trinajstić information content (AvgIpc) is 1.61. The van der Waals surface area contributed by atoms with E-state index in [2.05, 4.69) is 33.9 Å². The van der Waals surface area contributed by atoms with Gasteiger partial charge in [-0.1, -0.05) is 20.8 Å². The summed E-state index contributed by atoms with van der Waals surface area (Å²) in [6.07, 6.45) is 0. The Morgan fingerprint density at radius 2 is 1.70 bits per heavy atom. The maximum Gasteiger partial charge on any atom is 0.206 e. The summed E-state index contributed by atoms with van der Waals surface area (Å²) in [5, 5.41) is 0.290. The van der Waals surface area contributed by atoms with Crippen LogP contribution in [0.25, 0.3) is 0 Å². The topological polar surface area (TPSA) is 9.23 Å². The molecule has 0 saturated heterocycles. The predicted octanol–water partition coefficient (Wildman–Crippen LogP) is 3.33. The Balaban J connectivity index is 4.23. The van der Waals surface area contributed by atoms with Crippen LogP contribution in [0.2, 0.25) is 18.1 Å². The van der Waals surface area contributed by atoms with Crippen molar-refractivity contribution in [2.75, 3.05) is 0 Å². The molecule has 0 radical (unpaired) electrons. The monoisotopic (exact) mass is 194 g/mol. The summed E-state index contributed by atoms with van der Waals surface area (Å²) in [4.78, 5) is 0.